The molecule has 1 atom stereocenters. The highest BCUT2D eigenvalue weighted by atomic mass is 15.4. The lowest BCUT2D eigenvalue weighted by atomic mass is 10.2. The molecule has 1 aromatic rings. The number of anilines is 1. The second-order valence-electron chi connectivity index (χ2n) is 5.41. The molecule has 0 spiro atoms. The molecule has 0 bridgehead atoms. The van der Waals surface area contributed by atoms with Crippen LogP contribution in [-0.2, 0) is 0 Å². The summed E-state index contributed by atoms with van der Waals surface area (Å²) in [6.07, 6.45) is 3.95. The minimum absolute atomic E-state index is 0.692. The van der Waals surface area contributed by atoms with E-state index in [2.05, 4.69) is 25.0 Å². The highest BCUT2D eigenvalue weighted by Gasteiger charge is 2.30. The maximum Gasteiger partial charge on any atom is 0.245 e. The average molecular weight is 247 g/mol. The largest absolute Gasteiger partial charge is 0.338 e. The summed E-state index contributed by atoms with van der Waals surface area (Å²) in [5, 5.41) is 8.41. The fourth-order valence-electron chi connectivity index (χ4n) is 2.91. The Balaban J connectivity index is 1.69. The summed E-state index contributed by atoms with van der Waals surface area (Å²) in [4.78, 5) is 9.45. The molecule has 3 heterocycles. The van der Waals surface area contributed by atoms with E-state index in [1.807, 2.05) is 13.8 Å². The van der Waals surface area contributed by atoms with Crippen LogP contribution in [0, 0.1) is 13.8 Å². The van der Waals surface area contributed by atoms with Crippen molar-refractivity contribution in [2.24, 2.45) is 0 Å². The zero-order valence-corrected chi connectivity index (χ0v) is 11.3. The Kier molecular flexibility index (Phi) is 3.16. The van der Waals surface area contributed by atoms with Gasteiger partial charge in [-0.1, -0.05) is 0 Å². The van der Waals surface area contributed by atoms with Crippen molar-refractivity contribution in [3.63, 3.8) is 0 Å². The van der Waals surface area contributed by atoms with Crippen LogP contribution >= 0.6 is 0 Å². The van der Waals surface area contributed by atoms with Crippen molar-refractivity contribution in [1.29, 1.82) is 0 Å². The molecular weight excluding hydrogens is 226 g/mol. The first-order chi connectivity index (χ1) is 8.74. The number of hydrogen-bond donors (Lipinski definition) is 0. The lowest BCUT2D eigenvalue weighted by Gasteiger charge is -2.23. The van der Waals surface area contributed by atoms with E-state index in [0.717, 1.165) is 30.4 Å². The number of aromatic nitrogens is 3. The van der Waals surface area contributed by atoms with Crippen molar-refractivity contribution < 1.29 is 0 Å². The van der Waals surface area contributed by atoms with E-state index in [9.17, 15) is 0 Å². The van der Waals surface area contributed by atoms with Gasteiger partial charge in [-0.05, 0) is 46.2 Å². The van der Waals surface area contributed by atoms with Crippen molar-refractivity contribution in [1.82, 2.24) is 20.1 Å². The molecule has 98 valence electrons. The highest BCUT2D eigenvalue weighted by Crippen LogP contribution is 2.22. The van der Waals surface area contributed by atoms with Gasteiger partial charge in [0.2, 0.25) is 5.95 Å². The third kappa shape index (κ3) is 2.19. The number of aryl methyl sites for hydroxylation is 2. The number of nitrogens with zero attached hydrogens (tertiary/aromatic N) is 5. The van der Waals surface area contributed by atoms with Gasteiger partial charge < -0.3 is 4.90 Å². The molecule has 0 N–H and O–H groups in total. The molecule has 18 heavy (non-hydrogen) atoms. The fraction of sp³-hybridized carbons (Fsp3) is 0.769. The summed E-state index contributed by atoms with van der Waals surface area (Å²) in [5.41, 5.74) is 1.92. The molecule has 0 aromatic carbocycles. The minimum Gasteiger partial charge on any atom is -0.338 e. The summed E-state index contributed by atoms with van der Waals surface area (Å²) >= 11 is 0. The zero-order chi connectivity index (χ0) is 12.5. The van der Waals surface area contributed by atoms with Gasteiger partial charge in [-0.15, -0.1) is 5.10 Å². The van der Waals surface area contributed by atoms with Gasteiger partial charge in [-0.25, -0.2) is 4.98 Å². The predicted octanol–water partition coefficient (Wildman–Crippen LogP) is 1.16. The Hall–Kier alpha value is -1.23. The standard InChI is InChI=1S/C13H21N5/c1-10-11(2)15-16-13(14-10)18-8-5-12(9-18)17-6-3-4-7-17/h12H,3-9H2,1-2H3/t12-/m1/s1. The third-order valence-electron chi connectivity index (χ3n) is 4.18. The quantitative estimate of drug-likeness (QED) is 0.785. The van der Waals surface area contributed by atoms with E-state index < -0.39 is 0 Å². The molecule has 2 aliphatic rings. The van der Waals surface area contributed by atoms with Crippen molar-refractivity contribution in [3.8, 4) is 0 Å². The van der Waals surface area contributed by atoms with Crippen LogP contribution in [0.4, 0.5) is 5.95 Å². The molecule has 0 unspecified atom stereocenters. The van der Waals surface area contributed by atoms with Gasteiger partial charge in [0.15, 0.2) is 0 Å². The van der Waals surface area contributed by atoms with Crippen molar-refractivity contribution in [2.75, 3.05) is 31.1 Å². The van der Waals surface area contributed by atoms with Crippen LogP contribution in [-0.4, -0.2) is 52.3 Å². The van der Waals surface area contributed by atoms with Crippen LogP contribution in [0.5, 0.6) is 0 Å². The first-order valence-corrected chi connectivity index (χ1v) is 6.91. The Morgan fingerprint density at radius 3 is 2.50 bits per heavy atom. The molecule has 3 rings (SSSR count). The molecule has 2 aliphatic heterocycles. The van der Waals surface area contributed by atoms with Gasteiger partial charge in [0.05, 0.1) is 11.4 Å². The van der Waals surface area contributed by atoms with Crippen LogP contribution < -0.4 is 4.90 Å². The van der Waals surface area contributed by atoms with E-state index in [4.69, 9.17) is 0 Å². The van der Waals surface area contributed by atoms with Gasteiger partial charge in [-0.3, -0.25) is 4.90 Å². The summed E-state index contributed by atoms with van der Waals surface area (Å²) in [7, 11) is 0. The molecule has 0 saturated carbocycles. The van der Waals surface area contributed by atoms with Crippen molar-refractivity contribution in [3.05, 3.63) is 11.4 Å². The molecule has 0 amide bonds. The van der Waals surface area contributed by atoms with Crippen LogP contribution in [0.3, 0.4) is 0 Å². The van der Waals surface area contributed by atoms with E-state index >= 15 is 0 Å². The van der Waals surface area contributed by atoms with Crippen molar-refractivity contribution in [2.45, 2.75) is 39.2 Å². The monoisotopic (exact) mass is 247 g/mol. The fourth-order valence-corrected chi connectivity index (χ4v) is 2.91. The Morgan fingerprint density at radius 2 is 1.78 bits per heavy atom. The summed E-state index contributed by atoms with van der Waals surface area (Å²) in [6, 6.07) is 0.692. The predicted molar refractivity (Wildman–Crippen MR) is 70.7 cm³/mol. The molecular formula is C13H21N5. The van der Waals surface area contributed by atoms with Crippen LogP contribution in [0.15, 0.2) is 0 Å². The zero-order valence-electron chi connectivity index (χ0n) is 11.3. The molecule has 1 aromatic heterocycles. The van der Waals surface area contributed by atoms with Gasteiger partial charge in [0.25, 0.3) is 0 Å². The number of hydrogen-bond acceptors (Lipinski definition) is 5. The highest BCUT2D eigenvalue weighted by molar-refractivity contribution is 5.32. The number of rotatable bonds is 2. The van der Waals surface area contributed by atoms with Gasteiger partial charge in [0.1, 0.15) is 0 Å². The second kappa shape index (κ2) is 4.80. The summed E-state index contributed by atoms with van der Waals surface area (Å²) < 4.78 is 0. The lowest BCUT2D eigenvalue weighted by molar-refractivity contribution is 0.260. The lowest BCUT2D eigenvalue weighted by Crippen LogP contribution is -2.35. The first kappa shape index (κ1) is 11.8. The van der Waals surface area contributed by atoms with Gasteiger partial charge in [-0.2, -0.15) is 5.10 Å². The molecule has 2 fully saturated rings. The maximum absolute atomic E-state index is 4.55. The topological polar surface area (TPSA) is 45.2 Å². The van der Waals surface area contributed by atoms with Crippen molar-refractivity contribution >= 4 is 5.95 Å². The molecule has 0 radical (unpaired) electrons. The normalized spacial score (nSPS) is 25.0. The van der Waals surface area contributed by atoms with E-state index in [1.165, 1.54) is 32.4 Å². The summed E-state index contributed by atoms with van der Waals surface area (Å²) in [6.45, 7) is 8.61. The van der Waals surface area contributed by atoms with E-state index in [1.54, 1.807) is 0 Å². The summed E-state index contributed by atoms with van der Waals surface area (Å²) in [5.74, 6) is 0.805. The minimum atomic E-state index is 0.692. The maximum atomic E-state index is 4.55. The average Bonchev–Trinajstić information content (AvgIpc) is 3.01. The van der Waals surface area contributed by atoms with Gasteiger partial charge >= 0.3 is 0 Å². The van der Waals surface area contributed by atoms with Crippen LogP contribution in [0.1, 0.15) is 30.7 Å². The number of likely N-dealkylation sites (tertiary alicyclic amines) is 1. The second-order valence-corrected chi connectivity index (χ2v) is 5.41. The molecule has 2 saturated heterocycles. The SMILES string of the molecule is Cc1nnc(N2CC[C@@H](N3CCCC3)C2)nc1C. The van der Waals surface area contributed by atoms with E-state index in [0.29, 0.717) is 6.04 Å². The van der Waals surface area contributed by atoms with Crippen LogP contribution in [0.25, 0.3) is 0 Å². The molecule has 5 heteroatoms. The Labute approximate surface area is 108 Å². The first-order valence-electron chi connectivity index (χ1n) is 6.91. The van der Waals surface area contributed by atoms with E-state index in [-0.39, 0.29) is 0 Å². The smallest absolute Gasteiger partial charge is 0.245 e. The molecule has 0 aliphatic carbocycles. The Morgan fingerprint density at radius 1 is 1.00 bits per heavy atom. The Bertz CT molecular complexity index is 427. The third-order valence-corrected chi connectivity index (χ3v) is 4.18. The van der Waals surface area contributed by atoms with Crippen LogP contribution in [0.2, 0.25) is 0 Å². The van der Waals surface area contributed by atoms with Gasteiger partial charge in [0, 0.05) is 19.1 Å². The molecule has 5 nitrogen and oxygen atoms in total.